The molecular weight excluding hydrogens is 288 g/mol. The van der Waals surface area contributed by atoms with Gasteiger partial charge >= 0.3 is 0 Å². The van der Waals surface area contributed by atoms with E-state index in [-0.39, 0.29) is 17.1 Å². The van der Waals surface area contributed by atoms with Crippen molar-refractivity contribution in [2.45, 2.75) is 40.5 Å². The SMILES string of the molecule is CC(=O)Nc1cccc(NS(=O)(=O)CCCC(C)(C)C)c1. The van der Waals surface area contributed by atoms with Gasteiger partial charge in [0.05, 0.1) is 11.4 Å². The highest BCUT2D eigenvalue weighted by molar-refractivity contribution is 7.92. The van der Waals surface area contributed by atoms with Gasteiger partial charge in [-0.05, 0) is 36.5 Å². The average Bonchev–Trinajstić information content (AvgIpc) is 2.25. The molecule has 5 nitrogen and oxygen atoms in total. The summed E-state index contributed by atoms with van der Waals surface area (Å²) in [5, 5.41) is 2.62. The molecule has 1 aromatic carbocycles. The Morgan fingerprint density at radius 2 is 1.81 bits per heavy atom. The summed E-state index contributed by atoms with van der Waals surface area (Å²) in [5.74, 6) is -0.102. The summed E-state index contributed by atoms with van der Waals surface area (Å²) >= 11 is 0. The Morgan fingerprint density at radius 3 is 2.38 bits per heavy atom. The molecule has 0 atom stereocenters. The van der Waals surface area contributed by atoms with Crippen molar-refractivity contribution < 1.29 is 13.2 Å². The van der Waals surface area contributed by atoms with Crippen molar-refractivity contribution in [3.05, 3.63) is 24.3 Å². The topological polar surface area (TPSA) is 75.3 Å². The van der Waals surface area contributed by atoms with Crippen LogP contribution in [0, 0.1) is 5.41 Å². The predicted octanol–water partition coefficient (Wildman–Crippen LogP) is 3.21. The molecule has 0 saturated carbocycles. The molecule has 21 heavy (non-hydrogen) atoms. The number of carbonyl (C=O) groups excluding carboxylic acids is 1. The second kappa shape index (κ2) is 6.93. The van der Waals surface area contributed by atoms with Gasteiger partial charge in [-0.2, -0.15) is 0 Å². The Morgan fingerprint density at radius 1 is 1.19 bits per heavy atom. The van der Waals surface area contributed by atoms with Crippen molar-refractivity contribution in [3.63, 3.8) is 0 Å². The zero-order chi connectivity index (χ0) is 16.1. The average molecular weight is 312 g/mol. The Hall–Kier alpha value is -1.56. The van der Waals surface area contributed by atoms with Gasteiger partial charge in [0.1, 0.15) is 0 Å². The molecule has 0 aromatic heterocycles. The Balaban J connectivity index is 2.64. The van der Waals surface area contributed by atoms with E-state index in [0.717, 1.165) is 6.42 Å². The smallest absolute Gasteiger partial charge is 0.232 e. The number of rotatable bonds is 6. The van der Waals surface area contributed by atoms with Gasteiger partial charge in [-0.15, -0.1) is 0 Å². The Labute approximate surface area is 127 Å². The van der Waals surface area contributed by atoms with Crippen LogP contribution in [-0.4, -0.2) is 20.1 Å². The number of carbonyl (C=O) groups is 1. The molecule has 0 unspecified atom stereocenters. The first kappa shape index (κ1) is 17.5. The standard InChI is InChI=1S/C15H24N2O3S/c1-12(18)16-13-7-5-8-14(11-13)17-21(19,20)10-6-9-15(2,3)4/h5,7-8,11,17H,6,9-10H2,1-4H3,(H,16,18). The van der Waals surface area contributed by atoms with Crippen LogP contribution in [0.5, 0.6) is 0 Å². The molecular formula is C15H24N2O3S. The van der Waals surface area contributed by atoms with Crippen molar-refractivity contribution in [1.82, 2.24) is 0 Å². The number of hydrogen-bond acceptors (Lipinski definition) is 3. The van der Waals surface area contributed by atoms with Crippen LogP contribution >= 0.6 is 0 Å². The lowest BCUT2D eigenvalue weighted by Gasteiger charge is -2.17. The van der Waals surface area contributed by atoms with Crippen LogP contribution in [0.25, 0.3) is 0 Å². The van der Waals surface area contributed by atoms with Crippen LogP contribution < -0.4 is 10.0 Å². The normalized spacial score (nSPS) is 12.0. The molecule has 1 amide bonds. The first-order valence-electron chi connectivity index (χ1n) is 6.96. The molecule has 0 aliphatic rings. The molecule has 2 N–H and O–H groups in total. The van der Waals surface area contributed by atoms with Crippen LogP contribution in [0.1, 0.15) is 40.5 Å². The maximum absolute atomic E-state index is 12.0. The van der Waals surface area contributed by atoms with E-state index in [9.17, 15) is 13.2 Å². The summed E-state index contributed by atoms with van der Waals surface area (Å²) < 4.78 is 26.6. The minimum Gasteiger partial charge on any atom is -0.326 e. The van der Waals surface area contributed by atoms with E-state index in [1.54, 1.807) is 24.3 Å². The van der Waals surface area contributed by atoms with Crippen LogP contribution in [0.3, 0.4) is 0 Å². The highest BCUT2D eigenvalue weighted by Crippen LogP contribution is 2.22. The molecule has 0 radical (unpaired) electrons. The van der Waals surface area contributed by atoms with E-state index in [4.69, 9.17) is 0 Å². The van der Waals surface area contributed by atoms with Crippen molar-refractivity contribution in [2.75, 3.05) is 15.8 Å². The number of anilines is 2. The summed E-state index contributed by atoms with van der Waals surface area (Å²) in [6.07, 6.45) is 1.46. The third-order valence-electron chi connectivity index (χ3n) is 2.80. The molecule has 0 fully saturated rings. The molecule has 0 saturated heterocycles. The fourth-order valence-corrected chi connectivity index (χ4v) is 3.00. The lowest BCUT2D eigenvalue weighted by molar-refractivity contribution is -0.114. The van der Waals surface area contributed by atoms with E-state index in [1.807, 2.05) is 0 Å². The van der Waals surface area contributed by atoms with E-state index in [1.165, 1.54) is 6.92 Å². The molecule has 1 rings (SSSR count). The highest BCUT2D eigenvalue weighted by atomic mass is 32.2. The van der Waals surface area contributed by atoms with Gasteiger partial charge in [-0.25, -0.2) is 8.42 Å². The van der Waals surface area contributed by atoms with Gasteiger partial charge in [0.2, 0.25) is 15.9 Å². The zero-order valence-corrected chi connectivity index (χ0v) is 13.9. The summed E-state index contributed by atoms with van der Waals surface area (Å²) in [6.45, 7) is 7.67. The number of benzene rings is 1. The van der Waals surface area contributed by atoms with Crippen molar-refractivity contribution in [2.24, 2.45) is 5.41 Å². The third-order valence-corrected chi connectivity index (χ3v) is 4.17. The molecule has 0 spiro atoms. The number of amides is 1. The lowest BCUT2D eigenvalue weighted by Crippen LogP contribution is -2.18. The van der Waals surface area contributed by atoms with Gasteiger partial charge in [-0.3, -0.25) is 9.52 Å². The molecule has 1 aromatic rings. The molecule has 118 valence electrons. The Bertz CT molecular complexity index is 589. The third kappa shape index (κ3) is 7.70. The van der Waals surface area contributed by atoms with Gasteiger partial charge < -0.3 is 5.32 Å². The summed E-state index contributed by atoms with van der Waals surface area (Å²) in [6, 6.07) is 6.66. The molecule has 0 bridgehead atoms. The molecule has 0 aliphatic carbocycles. The van der Waals surface area contributed by atoms with Crippen LogP contribution in [0.2, 0.25) is 0 Å². The van der Waals surface area contributed by atoms with Crippen molar-refractivity contribution in [3.8, 4) is 0 Å². The largest absolute Gasteiger partial charge is 0.326 e. The monoisotopic (exact) mass is 312 g/mol. The predicted molar refractivity (Wildman–Crippen MR) is 86.8 cm³/mol. The minimum atomic E-state index is -3.36. The number of sulfonamides is 1. The summed E-state index contributed by atoms with van der Waals surface area (Å²) in [7, 11) is -3.36. The Kier molecular flexibility index (Phi) is 5.78. The minimum absolute atomic E-state index is 0.0919. The van der Waals surface area contributed by atoms with Gasteiger partial charge in [0.25, 0.3) is 0 Å². The van der Waals surface area contributed by atoms with Gasteiger partial charge in [0.15, 0.2) is 0 Å². The quantitative estimate of drug-likeness (QED) is 0.847. The maximum atomic E-state index is 12.0. The second-order valence-corrected chi connectivity index (χ2v) is 8.19. The highest BCUT2D eigenvalue weighted by Gasteiger charge is 2.15. The molecule has 0 aliphatic heterocycles. The lowest BCUT2D eigenvalue weighted by atomic mass is 9.91. The molecule has 0 heterocycles. The van der Waals surface area contributed by atoms with E-state index in [2.05, 4.69) is 30.8 Å². The fraction of sp³-hybridized carbons (Fsp3) is 0.533. The van der Waals surface area contributed by atoms with Crippen LogP contribution in [0.15, 0.2) is 24.3 Å². The molecule has 6 heteroatoms. The van der Waals surface area contributed by atoms with Crippen LogP contribution in [-0.2, 0) is 14.8 Å². The maximum Gasteiger partial charge on any atom is 0.232 e. The first-order valence-corrected chi connectivity index (χ1v) is 8.61. The van der Waals surface area contributed by atoms with E-state index < -0.39 is 10.0 Å². The fourth-order valence-electron chi connectivity index (χ4n) is 1.89. The van der Waals surface area contributed by atoms with Crippen LogP contribution in [0.4, 0.5) is 11.4 Å². The first-order chi connectivity index (χ1) is 9.57. The van der Waals surface area contributed by atoms with Crippen molar-refractivity contribution >= 4 is 27.3 Å². The van der Waals surface area contributed by atoms with E-state index >= 15 is 0 Å². The van der Waals surface area contributed by atoms with Gasteiger partial charge in [-0.1, -0.05) is 26.8 Å². The van der Waals surface area contributed by atoms with Gasteiger partial charge in [0, 0.05) is 12.6 Å². The summed E-state index contributed by atoms with van der Waals surface area (Å²) in [5.41, 5.74) is 1.15. The second-order valence-electron chi connectivity index (χ2n) is 6.35. The summed E-state index contributed by atoms with van der Waals surface area (Å²) in [4.78, 5) is 11.0. The zero-order valence-electron chi connectivity index (χ0n) is 13.1. The number of hydrogen-bond donors (Lipinski definition) is 2. The van der Waals surface area contributed by atoms with E-state index in [0.29, 0.717) is 17.8 Å². The van der Waals surface area contributed by atoms with Crippen molar-refractivity contribution in [1.29, 1.82) is 0 Å². The number of nitrogens with one attached hydrogen (secondary N) is 2.